The van der Waals surface area contributed by atoms with Gasteiger partial charge < -0.3 is 14.4 Å². The summed E-state index contributed by atoms with van der Waals surface area (Å²) in [6, 6.07) is 14.8. The third-order valence-corrected chi connectivity index (χ3v) is 5.87. The van der Waals surface area contributed by atoms with Crippen molar-refractivity contribution in [3.05, 3.63) is 59.7 Å². The average Bonchev–Trinajstić information content (AvgIpc) is 3.21. The van der Waals surface area contributed by atoms with E-state index >= 15 is 0 Å². The van der Waals surface area contributed by atoms with Crippen molar-refractivity contribution in [1.82, 2.24) is 14.8 Å². The lowest BCUT2D eigenvalue weighted by Crippen LogP contribution is -2.37. The molecule has 0 amide bonds. The number of anilines is 1. The third-order valence-electron chi connectivity index (χ3n) is 4.87. The molecule has 0 atom stereocenters. The van der Waals surface area contributed by atoms with Crippen molar-refractivity contribution in [2.75, 3.05) is 37.8 Å². The summed E-state index contributed by atoms with van der Waals surface area (Å²) in [7, 11) is 0. The Morgan fingerprint density at radius 2 is 1.81 bits per heavy atom. The minimum atomic E-state index is -4.37. The highest BCUT2D eigenvalue weighted by atomic mass is 32.2. The van der Waals surface area contributed by atoms with Crippen LogP contribution in [0.15, 0.2) is 53.7 Å². The maximum Gasteiger partial charge on any atom is 0.422 e. The fraction of sp³-hybridized carbons (Fsp3) is 0.364. The first-order chi connectivity index (χ1) is 15.4. The second-order valence-corrected chi connectivity index (χ2v) is 8.34. The molecule has 0 bridgehead atoms. The highest BCUT2D eigenvalue weighted by molar-refractivity contribution is 7.98. The largest absolute Gasteiger partial charge is 0.484 e. The van der Waals surface area contributed by atoms with E-state index in [0.29, 0.717) is 24.1 Å². The number of hydrogen-bond acceptors (Lipinski definition) is 6. The molecule has 2 aromatic carbocycles. The molecular weight excluding hydrogens is 441 g/mol. The number of nitrogens with zero attached hydrogens (tertiary/aromatic N) is 4. The maximum atomic E-state index is 12.4. The number of hydrogen-bond donors (Lipinski definition) is 0. The van der Waals surface area contributed by atoms with Gasteiger partial charge in [-0.1, -0.05) is 41.6 Å². The number of aryl methyl sites for hydroxylation is 1. The molecule has 3 aromatic rings. The number of ether oxygens (including phenoxy) is 2. The molecule has 0 saturated carbocycles. The monoisotopic (exact) mass is 464 g/mol. The Morgan fingerprint density at radius 3 is 2.53 bits per heavy atom. The van der Waals surface area contributed by atoms with Gasteiger partial charge in [0, 0.05) is 18.8 Å². The van der Waals surface area contributed by atoms with Crippen LogP contribution >= 0.6 is 11.8 Å². The molecule has 0 unspecified atom stereocenters. The van der Waals surface area contributed by atoms with E-state index in [2.05, 4.69) is 15.1 Å². The summed E-state index contributed by atoms with van der Waals surface area (Å²) < 4.78 is 49.7. The van der Waals surface area contributed by atoms with Crippen LogP contribution in [0.4, 0.5) is 19.1 Å². The van der Waals surface area contributed by atoms with Crippen molar-refractivity contribution in [1.29, 1.82) is 0 Å². The van der Waals surface area contributed by atoms with Crippen molar-refractivity contribution in [3.63, 3.8) is 0 Å². The minimum absolute atomic E-state index is 0.189. The Hall–Kier alpha value is -2.72. The van der Waals surface area contributed by atoms with Crippen LogP contribution < -0.4 is 9.64 Å². The summed E-state index contributed by atoms with van der Waals surface area (Å²) >= 11 is 1.47. The molecule has 0 spiro atoms. The van der Waals surface area contributed by atoms with E-state index in [4.69, 9.17) is 9.47 Å². The van der Waals surface area contributed by atoms with Crippen LogP contribution in [-0.2, 0) is 10.5 Å². The standard InChI is InChI=1S/C22H23F3N4O2S/c1-16-5-7-18(8-6-16)29-20(28-9-11-30-12-10-28)26-27-21(29)32-14-17-3-2-4-19(13-17)31-15-22(23,24)25/h2-8,13H,9-12,14-15H2,1H3. The zero-order chi connectivity index (χ0) is 22.6. The smallest absolute Gasteiger partial charge is 0.422 e. The predicted molar refractivity (Wildman–Crippen MR) is 117 cm³/mol. The molecule has 1 fully saturated rings. The van der Waals surface area contributed by atoms with Crippen LogP contribution in [0.3, 0.4) is 0 Å². The molecular formula is C22H23F3N4O2S. The molecule has 6 nitrogen and oxygen atoms in total. The van der Waals surface area contributed by atoms with Gasteiger partial charge in [0.05, 0.1) is 18.9 Å². The van der Waals surface area contributed by atoms with Crippen LogP contribution in [0.5, 0.6) is 5.75 Å². The second-order valence-electron chi connectivity index (χ2n) is 7.39. The van der Waals surface area contributed by atoms with E-state index in [1.54, 1.807) is 12.1 Å². The Morgan fingerprint density at radius 1 is 1.06 bits per heavy atom. The molecule has 0 radical (unpaired) electrons. The number of aromatic nitrogens is 3. The van der Waals surface area contributed by atoms with E-state index < -0.39 is 12.8 Å². The summed E-state index contributed by atoms with van der Waals surface area (Å²) in [5, 5.41) is 9.55. The van der Waals surface area contributed by atoms with Crippen molar-refractivity contribution < 1.29 is 22.6 Å². The predicted octanol–water partition coefficient (Wildman–Crippen LogP) is 4.65. The molecule has 10 heteroatoms. The normalized spacial score (nSPS) is 14.6. The number of thioether (sulfide) groups is 1. The Labute approximate surface area is 188 Å². The quantitative estimate of drug-likeness (QED) is 0.475. The van der Waals surface area contributed by atoms with Gasteiger partial charge in [0.15, 0.2) is 11.8 Å². The molecule has 1 saturated heterocycles. The lowest BCUT2D eigenvalue weighted by molar-refractivity contribution is -0.153. The van der Waals surface area contributed by atoms with Gasteiger partial charge in [-0.15, -0.1) is 10.2 Å². The molecule has 170 valence electrons. The van der Waals surface area contributed by atoms with E-state index in [1.165, 1.54) is 17.8 Å². The summed E-state index contributed by atoms with van der Waals surface area (Å²) in [6.45, 7) is 3.44. The fourth-order valence-corrected chi connectivity index (χ4v) is 4.17. The lowest BCUT2D eigenvalue weighted by atomic mass is 10.2. The van der Waals surface area contributed by atoms with Crippen LogP contribution in [0, 0.1) is 6.92 Å². The van der Waals surface area contributed by atoms with Crippen LogP contribution in [0.2, 0.25) is 0 Å². The average molecular weight is 465 g/mol. The van der Waals surface area contributed by atoms with Crippen LogP contribution in [0.25, 0.3) is 5.69 Å². The first-order valence-electron chi connectivity index (χ1n) is 10.2. The molecule has 32 heavy (non-hydrogen) atoms. The number of rotatable bonds is 7. The molecule has 1 aliphatic rings. The summed E-state index contributed by atoms with van der Waals surface area (Å²) in [5.41, 5.74) is 2.94. The van der Waals surface area contributed by atoms with Gasteiger partial charge in [0.25, 0.3) is 0 Å². The number of halogens is 3. The van der Waals surface area contributed by atoms with Crippen molar-refractivity contribution in [3.8, 4) is 11.4 Å². The van der Waals surface area contributed by atoms with Crippen molar-refractivity contribution in [2.45, 2.75) is 24.0 Å². The maximum absolute atomic E-state index is 12.4. The fourth-order valence-electron chi connectivity index (χ4n) is 3.28. The first kappa shape index (κ1) is 22.5. The van der Waals surface area contributed by atoms with Gasteiger partial charge in [-0.25, -0.2) is 0 Å². The first-order valence-corrected chi connectivity index (χ1v) is 11.1. The second kappa shape index (κ2) is 9.83. The van der Waals surface area contributed by atoms with E-state index in [9.17, 15) is 13.2 Å². The van der Waals surface area contributed by atoms with Gasteiger partial charge >= 0.3 is 6.18 Å². The third kappa shape index (κ3) is 5.74. The highest BCUT2D eigenvalue weighted by Gasteiger charge is 2.28. The summed E-state index contributed by atoms with van der Waals surface area (Å²) in [4.78, 5) is 2.14. The number of benzene rings is 2. The number of alkyl halides is 3. The number of morpholine rings is 1. The van der Waals surface area contributed by atoms with E-state index in [1.807, 2.05) is 41.8 Å². The van der Waals surface area contributed by atoms with Gasteiger partial charge in [-0.3, -0.25) is 4.57 Å². The van der Waals surface area contributed by atoms with Crippen molar-refractivity contribution >= 4 is 17.7 Å². The molecule has 1 aromatic heterocycles. The van der Waals surface area contributed by atoms with Crippen molar-refractivity contribution in [2.24, 2.45) is 0 Å². The van der Waals surface area contributed by atoms with E-state index in [-0.39, 0.29) is 5.75 Å². The molecule has 2 heterocycles. The highest BCUT2D eigenvalue weighted by Crippen LogP contribution is 2.30. The van der Waals surface area contributed by atoms with E-state index in [0.717, 1.165) is 35.9 Å². The minimum Gasteiger partial charge on any atom is -0.484 e. The summed E-state index contributed by atoms with van der Waals surface area (Å²) in [5.74, 6) is 1.45. The van der Waals surface area contributed by atoms with Gasteiger partial charge in [-0.05, 0) is 36.8 Å². The Bertz CT molecular complexity index is 1030. The van der Waals surface area contributed by atoms with Gasteiger partial charge in [0.2, 0.25) is 5.95 Å². The lowest BCUT2D eigenvalue weighted by Gasteiger charge is -2.28. The molecule has 4 rings (SSSR count). The molecule has 1 aliphatic heterocycles. The summed E-state index contributed by atoms with van der Waals surface area (Å²) in [6.07, 6.45) is -4.37. The zero-order valence-corrected chi connectivity index (χ0v) is 18.3. The topological polar surface area (TPSA) is 52.4 Å². The Balaban J connectivity index is 1.55. The Kier molecular flexibility index (Phi) is 6.90. The van der Waals surface area contributed by atoms with Crippen LogP contribution in [-0.4, -0.2) is 53.9 Å². The van der Waals surface area contributed by atoms with Gasteiger partial charge in [-0.2, -0.15) is 13.2 Å². The molecule has 0 N–H and O–H groups in total. The zero-order valence-electron chi connectivity index (χ0n) is 17.5. The molecule has 0 aliphatic carbocycles. The van der Waals surface area contributed by atoms with Gasteiger partial charge in [0.1, 0.15) is 5.75 Å². The van der Waals surface area contributed by atoms with Crippen LogP contribution in [0.1, 0.15) is 11.1 Å². The SMILES string of the molecule is Cc1ccc(-n2c(SCc3cccc(OCC(F)(F)F)c3)nnc2N2CCOCC2)cc1.